The number of nitrogens with zero attached hydrogens (tertiary/aromatic N) is 1. The minimum atomic E-state index is -0.425. The zero-order valence-electron chi connectivity index (χ0n) is 11.0. The lowest BCUT2D eigenvalue weighted by Gasteiger charge is -2.39. The van der Waals surface area contributed by atoms with Crippen LogP contribution in [0.3, 0.4) is 0 Å². The van der Waals surface area contributed by atoms with Gasteiger partial charge in [-0.25, -0.2) is 0 Å². The van der Waals surface area contributed by atoms with Gasteiger partial charge in [0.05, 0.1) is 5.60 Å². The summed E-state index contributed by atoms with van der Waals surface area (Å²) in [4.78, 5) is 2.47. The van der Waals surface area contributed by atoms with Crippen molar-refractivity contribution in [1.82, 2.24) is 4.90 Å². The molecule has 1 heterocycles. The van der Waals surface area contributed by atoms with Crippen molar-refractivity contribution >= 4 is 0 Å². The largest absolute Gasteiger partial charge is 0.390 e. The molecule has 1 aliphatic heterocycles. The van der Waals surface area contributed by atoms with Gasteiger partial charge in [0, 0.05) is 33.4 Å². The van der Waals surface area contributed by atoms with E-state index >= 15 is 0 Å². The molecule has 1 N–H and O–H groups in total. The molecule has 0 unspecified atom stereocenters. The van der Waals surface area contributed by atoms with Crippen molar-refractivity contribution in [3.63, 3.8) is 0 Å². The number of methoxy groups -OCH3 is 1. The highest BCUT2D eigenvalue weighted by molar-refractivity contribution is 4.85. The summed E-state index contributed by atoms with van der Waals surface area (Å²) in [6.07, 6.45) is 3.69. The zero-order valence-corrected chi connectivity index (χ0v) is 11.0. The molecule has 1 saturated heterocycles. The Morgan fingerprint density at radius 3 is 2.44 bits per heavy atom. The predicted octanol–water partition coefficient (Wildman–Crippen LogP) is 1.90. The van der Waals surface area contributed by atoms with Gasteiger partial charge in [0.2, 0.25) is 0 Å². The van der Waals surface area contributed by atoms with Gasteiger partial charge in [0.25, 0.3) is 0 Å². The van der Waals surface area contributed by atoms with Crippen molar-refractivity contribution in [3.8, 4) is 0 Å². The van der Waals surface area contributed by atoms with Crippen molar-refractivity contribution in [2.24, 2.45) is 5.92 Å². The van der Waals surface area contributed by atoms with Gasteiger partial charge in [-0.3, -0.25) is 0 Å². The smallest absolute Gasteiger partial charge is 0.0673 e. The number of ether oxygens (including phenoxy) is 1. The number of aliphatic hydroxyl groups is 1. The van der Waals surface area contributed by atoms with E-state index in [1.807, 2.05) is 0 Å². The van der Waals surface area contributed by atoms with Crippen molar-refractivity contribution in [1.29, 1.82) is 0 Å². The lowest BCUT2D eigenvalue weighted by molar-refractivity contribution is -0.0342. The van der Waals surface area contributed by atoms with E-state index in [1.165, 1.54) is 0 Å². The van der Waals surface area contributed by atoms with Crippen LogP contribution in [-0.2, 0) is 4.74 Å². The number of likely N-dealkylation sites (tertiary alicyclic amines) is 1. The molecule has 0 radical (unpaired) electrons. The molecule has 0 amide bonds. The van der Waals surface area contributed by atoms with Gasteiger partial charge in [0.15, 0.2) is 0 Å². The second kappa shape index (κ2) is 6.58. The third kappa shape index (κ3) is 4.81. The molecule has 3 heteroatoms. The molecule has 0 spiro atoms. The molecule has 1 aliphatic rings. The summed E-state index contributed by atoms with van der Waals surface area (Å²) in [7, 11) is 1.72. The van der Waals surface area contributed by atoms with Crippen LogP contribution < -0.4 is 0 Å². The Labute approximate surface area is 99.8 Å². The molecule has 0 aromatic heterocycles. The van der Waals surface area contributed by atoms with Gasteiger partial charge in [-0.15, -0.1) is 0 Å². The topological polar surface area (TPSA) is 32.7 Å². The molecule has 0 atom stereocenters. The van der Waals surface area contributed by atoms with Crippen molar-refractivity contribution < 1.29 is 9.84 Å². The van der Waals surface area contributed by atoms with E-state index in [1.54, 1.807) is 7.11 Å². The van der Waals surface area contributed by atoms with Gasteiger partial charge in [0.1, 0.15) is 0 Å². The van der Waals surface area contributed by atoms with E-state index in [0.717, 1.165) is 57.8 Å². The quantitative estimate of drug-likeness (QED) is 0.706. The van der Waals surface area contributed by atoms with Crippen molar-refractivity contribution in [2.75, 3.05) is 33.4 Å². The van der Waals surface area contributed by atoms with Crippen LogP contribution in [0, 0.1) is 5.92 Å². The second-order valence-corrected chi connectivity index (χ2v) is 5.52. The summed E-state index contributed by atoms with van der Waals surface area (Å²) in [5.41, 5.74) is -0.425. The average molecular weight is 229 g/mol. The summed E-state index contributed by atoms with van der Waals surface area (Å²) in [6.45, 7) is 8.51. The first-order valence-electron chi connectivity index (χ1n) is 6.49. The molecular weight excluding hydrogens is 202 g/mol. The van der Waals surface area contributed by atoms with E-state index in [-0.39, 0.29) is 0 Å². The van der Waals surface area contributed by atoms with Crippen LogP contribution in [0.25, 0.3) is 0 Å². The Hall–Kier alpha value is -0.120. The molecular formula is C13H27NO2. The molecule has 96 valence electrons. The van der Waals surface area contributed by atoms with Gasteiger partial charge in [-0.05, 0) is 31.6 Å². The predicted molar refractivity (Wildman–Crippen MR) is 66.6 cm³/mol. The summed E-state index contributed by atoms with van der Waals surface area (Å²) in [5, 5.41) is 10.4. The maximum absolute atomic E-state index is 10.4. The van der Waals surface area contributed by atoms with E-state index < -0.39 is 5.60 Å². The van der Waals surface area contributed by atoms with Crippen LogP contribution >= 0.6 is 0 Å². The fraction of sp³-hybridized carbons (Fsp3) is 1.00. The summed E-state index contributed by atoms with van der Waals surface area (Å²) in [5.74, 6) is 0.722. The SMILES string of the molecule is COCCCC1(O)CCN(CC(C)C)CC1. The van der Waals surface area contributed by atoms with Crippen LogP contribution in [0.1, 0.15) is 39.5 Å². The highest BCUT2D eigenvalue weighted by atomic mass is 16.5. The summed E-state index contributed by atoms with van der Waals surface area (Å²) < 4.78 is 5.03. The first-order valence-corrected chi connectivity index (χ1v) is 6.49. The minimum absolute atomic E-state index is 0.425. The highest BCUT2D eigenvalue weighted by Gasteiger charge is 2.31. The number of hydrogen-bond acceptors (Lipinski definition) is 3. The Kier molecular flexibility index (Phi) is 5.73. The molecule has 0 bridgehead atoms. The van der Waals surface area contributed by atoms with E-state index in [0.29, 0.717) is 0 Å². The van der Waals surface area contributed by atoms with Gasteiger partial charge >= 0.3 is 0 Å². The van der Waals surface area contributed by atoms with Crippen LogP contribution in [-0.4, -0.2) is 49.0 Å². The second-order valence-electron chi connectivity index (χ2n) is 5.52. The van der Waals surface area contributed by atoms with Crippen molar-refractivity contribution in [3.05, 3.63) is 0 Å². The molecule has 0 aromatic carbocycles. The Bertz CT molecular complexity index is 186. The first kappa shape index (κ1) is 13.9. The van der Waals surface area contributed by atoms with Crippen LogP contribution in [0.15, 0.2) is 0 Å². The number of piperidine rings is 1. The molecule has 1 rings (SSSR count). The number of hydrogen-bond donors (Lipinski definition) is 1. The van der Waals surface area contributed by atoms with Gasteiger partial charge in [-0.1, -0.05) is 13.8 Å². The summed E-state index contributed by atoms with van der Waals surface area (Å²) in [6, 6.07) is 0. The molecule has 1 fully saturated rings. The van der Waals surface area contributed by atoms with E-state index in [2.05, 4.69) is 18.7 Å². The van der Waals surface area contributed by atoms with E-state index in [4.69, 9.17) is 4.74 Å². The lowest BCUT2D eigenvalue weighted by Crippen LogP contribution is -2.45. The Morgan fingerprint density at radius 2 is 1.94 bits per heavy atom. The average Bonchev–Trinajstić information content (AvgIpc) is 2.22. The first-order chi connectivity index (χ1) is 7.56. The molecule has 0 aliphatic carbocycles. The van der Waals surface area contributed by atoms with Crippen LogP contribution in [0.5, 0.6) is 0 Å². The summed E-state index contributed by atoms with van der Waals surface area (Å²) >= 11 is 0. The maximum atomic E-state index is 10.4. The molecule has 16 heavy (non-hydrogen) atoms. The maximum Gasteiger partial charge on any atom is 0.0673 e. The number of rotatable bonds is 6. The molecule has 3 nitrogen and oxygen atoms in total. The lowest BCUT2D eigenvalue weighted by atomic mass is 9.87. The molecule has 0 saturated carbocycles. The zero-order chi connectivity index (χ0) is 12.0. The van der Waals surface area contributed by atoms with Crippen LogP contribution in [0.2, 0.25) is 0 Å². The minimum Gasteiger partial charge on any atom is -0.390 e. The fourth-order valence-electron chi connectivity index (χ4n) is 2.46. The standard InChI is InChI=1S/C13H27NO2/c1-12(2)11-14-8-6-13(15,7-9-14)5-4-10-16-3/h12,15H,4-11H2,1-3H3. The normalized spacial score (nSPS) is 21.6. The van der Waals surface area contributed by atoms with Crippen molar-refractivity contribution in [2.45, 2.75) is 45.1 Å². The van der Waals surface area contributed by atoms with E-state index in [9.17, 15) is 5.11 Å². The Balaban J connectivity index is 2.23. The van der Waals surface area contributed by atoms with Gasteiger partial charge in [-0.2, -0.15) is 0 Å². The highest BCUT2D eigenvalue weighted by Crippen LogP contribution is 2.27. The Morgan fingerprint density at radius 1 is 1.31 bits per heavy atom. The third-order valence-electron chi connectivity index (χ3n) is 3.40. The third-order valence-corrected chi connectivity index (χ3v) is 3.40. The fourth-order valence-corrected chi connectivity index (χ4v) is 2.46. The molecule has 0 aromatic rings. The monoisotopic (exact) mass is 229 g/mol. The van der Waals surface area contributed by atoms with Gasteiger partial charge < -0.3 is 14.7 Å². The van der Waals surface area contributed by atoms with Crippen LogP contribution in [0.4, 0.5) is 0 Å².